The van der Waals surface area contributed by atoms with Gasteiger partial charge in [0.25, 0.3) is 0 Å². The lowest BCUT2D eigenvalue weighted by Gasteiger charge is -2.33. The van der Waals surface area contributed by atoms with Crippen LogP contribution in [-0.4, -0.2) is 80.5 Å². The van der Waals surface area contributed by atoms with E-state index in [2.05, 4.69) is 5.32 Å². The first-order valence-corrected chi connectivity index (χ1v) is 16.1. The third-order valence-corrected chi connectivity index (χ3v) is 10.2. The number of fused-ring (bicyclic) bond motifs is 1. The molecule has 0 saturated heterocycles. The van der Waals surface area contributed by atoms with Crippen molar-refractivity contribution < 1.29 is 32.6 Å². The summed E-state index contributed by atoms with van der Waals surface area (Å²) in [6.45, 7) is 3.79. The summed E-state index contributed by atoms with van der Waals surface area (Å²) in [5.74, 6) is 0.536. The van der Waals surface area contributed by atoms with Crippen LogP contribution in [0, 0.1) is 11.8 Å². The van der Waals surface area contributed by atoms with Crippen LogP contribution in [0.15, 0.2) is 47.4 Å². The average Bonchev–Trinajstić information content (AvgIpc) is 3.04. The number of hydrogen-bond acceptors (Lipinski definition) is 7. The Kier molecular flexibility index (Phi) is 10.5. The molecule has 10 nitrogen and oxygen atoms in total. The second-order valence-corrected chi connectivity index (χ2v) is 13.5. The molecule has 0 spiro atoms. The van der Waals surface area contributed by atoms with E-state index in [0.717, 1.165) is 32.1 Å². The van der Waals surface area contributed by atoms with Crippen LogP contribution >= 0.6 is 0 Å². The zero-order valence-corrected chi connectivity index (χ0v) is 25.7. The van der Waals surface area contributed by atoms with Crippen LogP contribution in [0.2, 0.25) is 0 Å². The zero-order valence-electron chi connectivity index (χ0n) is 24.9. The molecule has 1 fully saturated rings. The summed E-state index contributed by atoms with van der Waals surface area (Å²) in [5, 5.41) is 12.9. The smallest absolute Gasteiger partial charge is 0.242 e. The Morgan fingerprint density at radius 1 is 1.17 bits per heavy atom. The number of nitrogens with one attached hydrogen (secondary N) is 1. The maximum Gasteiger partial charge on any atom is 0.242 e. The van der Waals surface area contributed by atoms with Gasteiger partial charge in [-0.3, -0.25) is 9.59 Å². The van der Waals surface area contributed by atoms with Gasteiger partial charge in [0, 0.05) is 36.7 Å². The van der Waals surface area contributed by atoms with Crippen LogP contribution in [0.25, 0.3) is 0 Å². The molecule has 2 aliphatic rings. The number of likely N-dealkylation sites (N-methyl/N-ethyl adjacent to an activating group) is 1. The maximum absolute atomic E-state index is 13.5. The molecule has 230 valence electrons. The van der Waals surface area contributed by atoms with E-state index in [1.165, 1.54) is 30.6 Å². The molecule has 0 aromatic heterocycles. The van der Waals surface area contributed by atoms with E-state index in [1.54, 1.807) is 42.2 Å². The van der Waals surface area contributed by atoms with E-state index in [-0.39, 0.29) is 54.7 Å². The Morgan fingerprint density at radius 2 is 1.86 bits per heavy atom. The summed E-state index contributed by atoms with van der Waals surface area (Å²) >= 11 is 0. The molecule has 0 bridgehead atoms. The summed E-state index contributed by atoms with van der Waals surface area (Å²) in [7, 11) is -0.818. The number of sulfonamides is 1. The number of carbonyl (C=O) groups excluding carboxylic acids is 2. The van der Waals surface area contributed by atoms with Gasteiger partial charge >= 0.3 is 0 Å². The minimum Gasteiger partial charge on any atom is -0.497 e. The van der Waals surface area contributed by atoms with Crippen molar-refractivity contribution in [2.24, 2.45) is 11.8 Å². The quantitative estimate of drug-likeness (QED) is 0.449. The molecule has 0 radical (unpaired) electrons. The Bertz CT molecular complexity index is 1340. The van der Waals surface area contributed by atoms with Crippen molar-refractivity contribution in [2.45, 2.75) is 69.4 Å². The van der Waals surface area contributed by atoms with Gasteiger partial charge in [-0.25, -0.2) is 8.42 Å². The van der Waals surface area contributed by atoms with Gasteiger partial charge in [-0.2, -0.15) is 4.31 Å². The highest BCUT2D eigenvalue weighted by molar-refractivity contribution is 7.89. The van der Waals surface area contributed by atoms with Crippen molar-refractivity contribution in [2.75, 3.05) is 39.2 Å². The lowest BCUT2D eigenvalue weighted by atomic mass is 9.88. The minimum absolute atomic E-state index is 0.0163. The highest BCUT2D eigenvalue weighted by atomic mass is 32.2. The first-order valence-electron chi connectivity index (χ1n) is 14.6. The normalized spacial score (nSPS) is 21.0. The van der Waals surface area contributed by atoms with Gasteiger partial charge < -0.3 is 24.8 Å². The van der Waals surface area contributed by atoms with Crippen molar-refractivity contribution in [3.63, 3.8) is 0 Å². The van der Waals surface area contributed by atoms with E-state index < -0.39 is 22.2 Å². The van der Waals surface area contributed by atoms with Gasteiger partial charge in [0.05, 0.1) is 37.6 Å². The number of ether oxygens (including phenoxy) is 2. The molecule has 1 aliphatic heterocycles. The molecular formula is C31H43N3O7S. The summed E-state index contributed by atoms with van der Waals surface area (Å²) in [6, 6.07) is 11.0. The lowest BCUT2D eigenvalue weighted by Crippen LogP contribution is -2.48. The minimum atomic E-state index is -3.84. The van der Waals surface area contributed by atoms with Gasteiger partial charge in [-0.15, -0.1) is 0 Å². The SMILES string of the molecule is COc1ccc(S(=O)(=O)N(C)C[C@@H]2Oc3ccc(NC(=O)C4CCCCC4)cc3CC(=O)N([C@@H](C)CO)C[C@@H]2C)cc1. The standard InChI is InChI=1S/C31H43N3O7S/c1-21-18-34(22(2)20-35)30(36)17-24-16-25(32-31(37)23-8-6-5-7-9-23)10-15-28(24)41-29(21)19-33(3)42(38,39)27-13-11-26(40-4)12-14-27/h10-16,21-23,29,35H,5-9,17-20H2,1-4H3,(H,32,37)/t21-,22-,29-/m0/s1. The number of benzene rings is 2. The van der Waals surface area contributed by atoms with Gasteiger partial charge in [0.2, 0.25) is 21.8 Å². The molecule has 3 atom stereocenters. The lowest BCUT2D eigenvalue weighted by molar-refractivity contribution is -0.134. The van der Waals surface area contributed by atoms with E-state index in [4.69, 9.17) is 9.47 Å². The molecule has 2 amide bonds. The number of aliphatic hydroxyl groups excluding tert-OH is 1. The fourth-order valence-corrected chi connectivity index (χ4v) is 6.80. The molecule has 1 saturated carbocycles. The van der Waals surface area contributed by atoms with Crippen LogP contribution in [0.4, 0.5) is 5.69 Å². The third-order valence-electron chi connectivity index (χ3n) is 8.36. The van der Waals surface area contributed by atoms with Crippen molar-refractivity contribution >= 4 is 27.5 Å². The van der Waals surface area contributed by atoms with E-state index in [0.29, 0.717) is 22.7 Å². The molecule has 1 heterocycles. The van der Waals surface area contributed by atoms with Crippen LogP contribution in [0.5, 0.6) is 11.5 Å². The van der Waals surface area contributed by atoms with Gasteiger partial charge in [0.15, 0.2) is 0 Å². The first-order chi connectivity index (χ1) is 20.0. The molecule has 2 N–H and O–H groups in total. The fourth-order valence-electron chi connectivity index (χ4n) is 5.61. The summed E-state index contributed by atoms with van der Waals surface area (Å²) in [5.41, 5.74) is 1.18. The van der Waals surface area contributed by atoms with Crippen molar-refractivity contribution in [1.82, 2.24) is 9.21 Å². The predicted octanol–water partition coefficient (Wildman–Crippen LogP) is 3.68. The summed E-state index contributed by atoms with van der Waals surface area (Å²) in [6.07, 6.45) is 4.41. The summed E-state index contributed by atoms with van der Waals surface area (Å²) < 4.78 is 39.7. The highest BCUT2D eigenvalue weighted by Gasteiger charge is 2.33. The van der Waals surface area contributed by atoms with Crippen molar-refractivity contribution in [3.8, 4) is 11.5 Å². The molecular weight excluding hydrogens is 558 g/mol. The second-order valence-electron chi connectivity index (χ2n) is 11.5. The second kappa shape index (κ2) is 13.9. The first kappa shape index (κ1) is 31.8. The van der Waals surface area contributed by atoms with Crippen LogP contribution in [-0.2, 0) is 26.0 Å². The topological polar surface area (TPSA) is 125 Å². The zero-order chi connectivity index (χ0) is 30.4. The third kappa shape index (κ3) is 7.43. The van der Waals surface area contributed by atoms with Gasteiger partial charge in [0.1, 0.15) is 17.6 Å². The molecule has 11 heteroatoms. The van der Waals surface area contributed by atoms with E-state index in [1.807, 2.05) is 6.92 Å². The number of anilines is 1. The average molecular weight is 602 g/mol. The van der Waals surface area contributed by atoms with Crippen molar-refractivity contribution in [1.29, 1.82) is 0 Å². The van der Waals surface area contributed by atoms with Crippen LogP contribution in [0.3, 0.4) is 0 Å². The number of carbonyl (C=O) groups is 2. The molecule has 2 aromatic rings. The molecule has 4 rings (SSSR count). The molecule has 1 aliphatic carbocycles. The Hall–Kier alpha value is -3.15. The Balaban J connectivity index is 1.61. The van der Waals surface area contributed by atoms with E-state index >= 15 is 0 Å². The van der Waals surface area contributed by atoms with Gasteiger partial charge in [-0.05, 0) is 62.2 Å². The fraction of sp³-hybridized carbons (Fsp3) is 0.548. The Morgan fingerprint density at radius 3 is 2.50 bits per heavy atom. The molecule has 0 unspecified atom stereocenters. The van der Waals surface area contributed by atoms with Crippen LogP contribution in [0.1, 0.15) is 51.5 Å². The largest absolute Gasteiger partial charge is 0.497 e. The monoisotopic (exact) mass is 601 g/mol. The highest BCUT2D eigenvalue weighted by Crippen LogP contribution is 2.31. The number of aliphatic hydroxyl groups is 1. The number of methoxy groups -OCH3 is 1. The number of amides is 2. The molecule has 42 heavy (non-hydrogen) atoms. The summed E-state index contributed by atoms with van der Waals surface area (Å²) in [4.78, 5) is 28.2. The number of rotatable bonds is 9. The maximum atomic E-state index is 13.5. The predicted molar refractivity (Wildman–Crippen MR) is 160 cm³/mol. The van der Waals surface area contributed by atoms with E-state index in [9.17, 15) is 23.1 Å². The number of hydrogen-bond donors (Lipinski definition) is 2. The Labute approximate surface area is 249 Å². The van der Waals surface area contributed by atoms with Crippen molar-refractivity contribution in [3.05, 3.63) is 48.0 Å². The molecule has 2 aromatic carbocycles. The van der Waals surface area contributed by atoms with Crippen LogP contribution < -0.4 is 14.8 Å². The number of nitrogens with zero attached hydrogens (tertiary/aromatic N) is 2. The van der Waals surface area contributed by atoms with Gasteiger partial charge in [-0.1, -0.05) is 26.2 Å².